The van der Waals surface area contributed by atoms with E-state index < -0.39 is 5.97 Å². The molecule has 4 aromatic rings. The minimum absolute atomic E-state index is 0.0301. The van der Waals surface area contributed by atoms with Crippen molar-refractivity contribution >= 4 is 48.7 Å². The van der Waals surface area contributed by atoms with Crippen molar-refractivity contribution in [2.75, 3.05) is 6.61 Å². The third-order valence-corrected chi connectivity index (χ3v) is 8.38. The Bertz CT molecular complexity index is 1430. The van der Waals surface area contributed by atoms with E-state index in [1.54, 1.807) is 0 Å². The van der Waals surface area contributed by atoms with Crippen molar-refractivity contribution in [1.29, 1.82) is 0 Å². The van der Waals surface area contributed by atoms with E-state index in [0.717, 1.165) is 67.6 Å². The molecule has 5 rings (SSSR count). The number of halogens is 2. The van der Waals surface area contributed by atoms with E-state index in [1.807, 2.05) is 36.4 Å². The summed E-state index contributed by atoms with van der Waals surface area (Å²) in [7, 11) is 0. The van der Waals surface area contributed by atoms with Crippen LogP contribution in [0.25, 0.3) is 10.9 Å². The van der Waals surface area contributed by atoms with E-state index >= 15 is 0 Å². The van der Waals surface area contributed by atoms with Crippen molar-refractivity contribution in [2.45, 2.75) is 51.4 Å². The zero-order chi connectivity index (χ0) is 26.1. The van der Waals surface area contributed by atoms with Crippen molar-refractivity contribution < 1.29 is 19.4 Å². The molecule has 0 bridgehead atoms. The number of nitrogens with one attached hydrogen (secondary N) is 1. The fourth-order valence-electron chi connectivity index (χ4n) is 5.10. The SMILES string of the molecule is CC(C)c1cc(Oc2c(Br)cc3c(c2Br)CCC3CC(=O)O)ccc1OCCc1cc2ccccc2[nH]1. The maximum Gasteiger partial charge on any atom is 0.303 e. The lowest BCUT2D eigenvalue weighted by Gasteiger charge is -2.18. The fourth-order valence-corrected chi connectivity index (χ4v) is 6.61. The number of aliphatic carboxylic acids is 1. The second-order valence-electron chi connectivity index (χ2n) is 9.84. The van der Waals surface area contributed by atoms with Gasteiger partial charge >= 0.3 is 5.97 Å². The molecule has 0 saturated carbocycles. The van der Waals surface area contributed by atoms with Crippen LogP contribution >= 0.6 is 31.9 Å². The van der Waals surface area contributed by atoms with Crippen molar-refractivity contribution in [1.82, 2.24) is 4.98 Å². The quantitative estimate of drug-likeness (QED) is 0.195. The van der Waals surface area contributed by atoms with Crippen LogP contribution in [-0.4, -0.2) is 22.7 Å². The highest BCUT2D eigenvalue weighted by molar-refractivity contribution is 9.11. The second kappa shape index (κ2) is 10.9. The van der Waals surface area contributed by atoms with Gasteiger partial charge in [0.1, 0.15) is 11.5 Å². The first-order valence-corrected chi connectivity index (χ1v) is 14.1. The first-order valence-electron chi connectivity index (χ1n) is 12.5. The van der Waals surface area contributed by atoms with E-state index in [-0.39, 0.29) is 18.3 Å². The lowest BCUT2D eigenvalue weighted by Crippen LogP contribution is -2.05. The predicted octanol–water partition coefficient (Wildman–Crippen LogP) is 8.73. The maximum absolute atomic E-state index is 11.3. The van der Waals surface area contributed by atoms with Gasteiger partial charge in [0.05, 0.1) is 22.0 Å². The fraction of sp³-hybridized carbons (Fsp3) is 0.300. The summed E-state index contributed by atoms with van der Waals surface area (Å²) in [4.78, 5) is 14.7. The first kappa shape index (κ1) is 25.9. The topological polar surface area (TPSA) is 71.6 Å². The zero-order valence-corrected chi connectivity index (χ0v) is 24.0. The van der Waals surface area contributed by atoms with Gasteiger partial charge in [-0.15, -0.1) is 0 Å². The summed E-state index contributed by atoms with van der Waals surface area (Å²) in [5.41, 5.74) is 5.59. The molecular weight excluding hydrogens is 598 g/mol. The Labute approximate surface area is 233 Å². The number of fused-ring (bicyclic) bond motifs is 2. The van der Waals surface area contributed by atoms with Gasteiger partial charge in [-0.2, -0.15) is 0 Å². The van der Waals surface area contributed by atoms with Crippen LogP contribution in [-0.2, 0) is 17.6 Å². The first-order chi connectivity index (χ1) is 17.8. The molecule has 3 aromatic carbocycles. The molecule has 1 heterocycles. The van der Waals surface area contributed by atoms with Crippen LogP contribution in [0.3, 0.4) is 0 Å². The van der Waals surface area contributed by atoms with Crippen molar-refractivity contribution in [3.63, 3.8) is 0 Å². The van der Waals surface area contributed by atoms with Crippen LogP contribution in [0.5, 0.6) is 17.2 Å². The molecule has 1 atom stereocenters. The molecule has 1 aliphatic carbocycles. The molecule has 1 unspecified atom stereocenters. The summed E-state index contributed by atoms with van der Waals surface area (Å²) >= 11 is 7.39. The lowest BCUT2D eigenvalue weighted by atomic mass is 9.98. The van der Waals surface area contributed by atoms with Crippen LogP contribution < -0.4 is 9.47 Å². The average Bonchev–Trinajstić information content (AvgIpc) is 3.45. The summed E-state index contributed by atoms with van der Waals surface area (Å²) < 4.78 is 14.3. The molecule has 2 N–H and O–H groups in total. The number of para-hydroxylation sites is 1. The average molecular weight is 627 g/mol. The second-order valence-corrected chi connectivity index (χ2v) is 11.5. The van der Waals surface area contributed by atoms with Gasteiger partial charge < -0.3 is 19.6 Å². The molecule has 0 amide bonds. The van der Waals surface area contributed by atoms with E-state index in [4.69, 9.17) is 9.47 Å². The van der Waals surface area contributed by atoms with Crippen molar-refractivity contribution in [3.8, 4) is 17.2 Å². The Morgan fingerprint density at radius 2 is 1.95 bits per heavy atom. The predicted molar refractivity (Wildman–Crippen MR) is 153 cm³/mol. The number of hydrogen-bond acceptors (Lipinski definition) is 3. The molecule has 0 fully saturated rings. The molecule has 0 spiro atoms. The number of aromatic nitrogens is 1. The van der Waals surface area contributed by atoms with Crippen LogP contribution in [0.4, 0.5) is 0 Å². The van der Waals surface area contributed by atoms with Gasteiger partial charge in [-0.1, -0.05) is 32.0 Å². The molecule has 7 heteroatoms. The number of rotatable bonds is 9. The van der Waals surface area contributed by atoms with Gasteiger partial charge in [0.15, 0.2) is 5.75 Å². The lowest BCUT2D eigenvalue weighted by molar-refractivity contribution is -0.137. The number of benzene rings is 3. The summed E-state index contributed by atoms with van der Waals surface area (Å²) in [6, 6.07) is 18.4. The Hall–Kier alpha value is -2.77. The van der Waals surface area contributed by atoms with Gasteiger partial charge in [0.25, 0.3) is 0 Å². The van der Waals surface area contributed by atoms with Gasteiger partial charge in [-0.25, -0.2) is 0 Å². The number of ether oxygens (including phenoxy) is 2. The number of aromatic amines is 1. The van der Waals surface area contributed by atoms with Gasteiger partial charge in [0, 0.05) is 23.2 Å². The molecular formula is C30H29Br2NO4. The van der Waals surface area contributed by atoms with Gasteiger partial charge in [-0.3, -0.25) is 4.79 Å². The number of carboxylic acids is 1. The van der Waals surface area contributed by atoms with Crippen LogP contribution in [0.1, 0.15) is 60.9 Å². The summed E-state index contributed by atoms with van der Waals surface area (Å²) in [6.07, 6.45) is 2.60. The Morgan fingerprint density at radius 3 is 2.70 bits per heavy atom. The van der Waals surface area contributed by atoms with Gasteiger partial charge in [0.2, 0.25) is 0 Å². The summed E-state index contributed by atoms with van der Waals surface area (Å²) in [6.45, 7) is 4.87. The van der Waals surface area contributed by atoms with Crippen LogP contribution in [0, 0.1) is 0 Å². The van der Waals surface area contributed by atoms with Crippen LogP contribution in [0.2, 0.25) is 0 Å². The minimum Gasteiger partial charge on any atom is -0.493 e. The number of H-pyrrole nitrogens is 1. The summed E-state index contributed by atoms with van der Waals surface area (Å²) in [5, 5.41) is 10.5. The minimum atomic E-state index is -0.768. The highest BCUT2D eigenvalue weighted by Gasteiger charge is 2.29. The Balaban J connectivity index is 1.32. The third-order valence-electron chi connectivity index (χ3n) is 6.95. The number of carbonyl (C=O) groups is 1. The van der Waals surface area contributed by atoms with Crippen molar-refractivity contribution in [2.24, 2.45) is 0 Å². The zero-order valence-electron chi connectivity index (χ0n) is 20.8. The van der Waals surface area contributed by atoms with Crippen molar-refractivity contribution in [3.05, 3.63) is 85.9 Å². The Morgan fingerprint density at radius 1 is 1.14 bits per heavy atom. The van der Waals surface area contributed by atoms with E-state index in [2.05, 4.69) is 68.9 Å². The molecule has 37 heavy (non-hydrogen) atoms. The standard InChI is InChI=1S/C30H29Br2NO4/c1-17(2)23-15-21(8-10-27(23)36-12-11-20-13-19-5-3-4-6-26(19)33-20)37-30-25(31)16-24-18(14-28(34)35)7-9-22(24)29(30)32/h3-6,8,10,13,15-18,33H,7,9,11-12,14H2,1-2H3,(H,34,35). The molecule has 1 aliphatic rings. The monoisotopic (exact) mass is 625 g/mol. The molecule has 0 aliphatic heterocycles. The molecule has 5 nitrogen and oxygen atoms in total. The van der Waals surface area contributed by atoms with E-state index in [9.17, 15) is 9.90 Å². The van der Waals surface area contributed by atoms with E-state index in [0.29, 0.717) is 12.4 Å². The van der Waals surface area contributed by atoms with Gasteiger partial charge in [-0.05, 0) is 109 Å². The number of carboxylic acid groups (broad SMARTS) is 1. The molecule has 192 valence electrons. The Kier molecular flexibility index (Phi) is 7.63. The normalized spacial score (nSPS) is 14.8. The third kappa shape index (κ3) is 5.58. The molecule has 1 aromatic heterocycles. The number of hydrogen-bond donors (Lipinski definition) is 2. The highest BCUT2D eigenvalue weighted by Crippen LogP contribution is 2.48. The smallest absolute Gasteiger partial charge is 0.303 e. The molecule has 0 radical (unpaired) electrons. The molecule has 0 saturated heterocycles. The van der Waals surface area contributed by atoms with E-state index in [1.165, 1.54) is 5.39 Å². The largest absolute Gasteiger partial charge is 0.493 e. The highest BCUT2D eigenvalue weighted by atomic mass is 79.9. The summed E-state index contributed by atoms with van der Waals surface area (Å²) in [5.74, 6) is 1.82. The van der Waals surface area contributed by atoms with Crippen LogP contribution in [0.15, 0.2) is 63.5 Å². The maximum atomic E-state index is 11.3.